The van der Waals surface area contributed by atoms with Crippen LogP contribution < -0.4 is 10.1 Å². The molecule has 1 N–H and O–H groups in total. The van der Waals surface area contributed by atoms with E-state index in [1.165, 1.54) is 5.56 Å². The van der Waals surface area contributed by atoms with Gasteiger partial charge in [0.05, 0.1) is 19.9 Å². The molecule has 17 heavy (non-hydrogen) atoms. The van der Waals surface area contributed by atoms with Crippen LogP contribution in [0.5, 0.6) is 5.75 Å². The zero-order valence-electron chi connectivity index (χ0n) is 10.1. The molecule has 0 amide bonds. The van der Waals surface area contributed by atoms with Crippen LogP contribution in [0.2, 0.25) is 0 Å². The van der Waals surface area contributed by atoms with E-state index in [4.69, 9.17) is 9.15 Å². The Morgan fingerprint density at radius 1 is 1.24 bits per heavy atom. The minimum absolute atomic E-state index is 0.283. The Bertz CT molecular complexity index is 434. The lowest BCUT2D eigenvalue weighted by Crippen LogP contribution is -2.17. The number of furan rings is 1. The summed E-state index contributed by atoms with van der Waals surface area (Å²) in [7, 11) is 1.67. The normalized spacial score (nSPS) is 12.4. The second kappa shape index (κ2) is 5.55. The highest BCUT2D eigenvalue weighted by Gasteiger charge is 2.05. The third kappa shape index (κ3) is 3.11. The molecule has 0 bridgehead atoms. The van der Waals surface area contributed by atoms with Gasteiger partial charge in [-0.15, -0.1) is 0 Å². The third-order valence-corrected chi connectivity index (χ3v) is 2.78. The van der Waals surface area contributed by atoms with Crippen LogP contribution in [0.1, 0.15) is 24.3 Å². The maximum absolute atomic E-state index is 5.27. The van der Waals surface area contributed by atoms with E-state index in [0.29, 0.717) is 0 Å². The largest absolute Gasteiger partial charge is 0.497 e. The molecule has 0 saturated heterocycles. The molecule has 2 rings (SSSR count). The highest BCUT2D eigenvalue weighted by molar-refractivity contribution is 5.28. The molecule has 1 aromatic carbocycles. The molecule has 90 valence electrons. The highest BCUT2D eigenvalue weighted by atomic mass is 16.5. The standard InChI is InChI=1S/C14H17NO2/c1-11(15-10-14-4-3-9-17-14)12-5-7-13(16-2)8-6-12/h3-9,11,15H,10H2,1-2H3/t11-/m0/s1. The van der Waals surface area contributed by atoms with E-state index in [-0.39, 0.29) is 6.04 Å². The van der Waals surface area contributed by atoms with Gasteiger partial charge in [0.1, 0.15) is 11.5 Å². The van der Waals surface area contributed by atoms with Crippen molar-refractivity contribution in [2.24, 2.45) is 0 Å². The summed E-state index contributed by atoms with van der Waals surface area (Å²) in [5.41, 5.74) is 1.23. The first kappa shape index (κ1) is 11.7. The zero-order chi connectivity index (χ0) is 12.1. The molecule has 1 heterocycles. The van der Waals surface area contributed by atoms with Gasteiger partial charge >= 0.3 is 0 Å². The summed E-state index contributed by atoms with van der Waals surface area (Å²) in [6.07, 6.45) is 1.69. The number of hydrogen-bond donors (Lipinski definition) is 1. The van der Waals surface area contributed by atoms with Crippen molar-refractivity contribution in [2.45, 2.75) is 19.5 Å². The number of benzene rings is 1. The summed E-state index contributed by atoms with van der Waals surface area (Å²) in [5.74, 6) is 1.83. The summed E-state index contributed by atoms with van der Waals surface area (Å²) < 4.78 is 10.4. The van der Waals surface area contributed by atoms with E-state index in [1.807, 2.05) is 24.3 Å². The van der Waals surface area contributed by atoms with Crippen LogP contribution in [0.4, 0.5) is 0 Å². The molecular formula is C14H17NO2. The van der Waals surface area contributed by atoms with E-state index < -0.39 is 0 Å². The summed E-state index contributed by atoms with van der Waals surface area (Å²) >= 11 is 0. The van der Waals surface area contributed by atoms with Crippen LogP contribution in [0.3, 0.4) is 0 Å². The Kier molecular flexibility index (Phi) is 3.83. The summed E-state index contributed by atoms with van der Waals surface area (Å²) in [6.45, 7) is 2.87. The SMILES string of the molecule is COc1ccc([C@H](C)NCc2ccco2)cc1. The average molecular weight is 231 g/mol. The maximum Gasteiger partial charge on any atom is 0.118 e. The lowest BCUT2D eigenvalue weighted by Gasteiger charge is -2.13. The molecule has 0 unspecified atom stereocenters. The smallest absolute Gasteiger partial charge is 0.118 e. The second-order valence-corrected chi connectivity index (χ2v) is 3.96. The van der Waals surface area contributed by atoms with Crippen LogP contribution in [0.25, 0.3) is 0 Å². The average Bonchev–Trinajstić information content (AvgIpc) is 2.89. The van der Waals surface area contributed by atoms with Gasteiger partial charge in [-0.3, -0.25) is 0 Å². The van der Waals surface area contributed by atoms with Gasteiger partial charge in [0.2, 0.25) is 0 Å². The van der Waals surface area contributed by atoms with Crippen LogP contribution >= 0.6 is 0 Å². The molecule has 1 aromatic heterocycles. The van der Waals surface area contributed by atoms with E-state index >= 15 is 0 Å². The quantitative estimate of drug-likeness (QED) is 0.858. The first-order valence-corrected chi connectivity index (χ1v) is 5.69. The van der Waals surface area contributed by atoms with Crippen LogP contribution in [-0.2, 0) is 6.54 Å². The van der Waals surface area contributed by atoms with E-state index in [9.17, 15) is 0 Å². The van der Waals surface area contributed by atoms with E-state index in [1.54, 1.807) is 13.4 Å². The topological polar surface area (TPSA) is 34.4 Å². The van der Waals surface area contributed by atoms with Crippen LogP contribution in [0, 0.1) is 0 Å². The molecular weight excluding hydrogens is 214 g/mol. The van der Waals surface area contributed by atoms with Gasteiger partial charge in [0, 0.05) is 6.04 Å². The molecule has 0 aliphatic heterocycles. The van der Waals surface area contributed by atoms with Crippen molar-refractivity contribution in [3.05, 3.63) is 54.0 Å². The third-order valence-electron chi connectivity index (χ3n) is 2.78. The number of rotatable bonds is 5. The molecule has 0 aliphatic rings. The van der Waals surface area contributed by atoms with Gasteiger partial charge in [-0.25, -0.2) is 0 Å². The van der Waals surface area contributed by atoms with Gasteiger partial charge in [-0.05, 0) is 36.8 Å². The second-order valence-electron chi connectivity index (χ2n) is 3.96. The Balaban J connectivity index is 1.92. The first-order valence-electron chi connectivity index (χ1n) is 5.69. The van der Waals surface area contributed by atoms with Crippen molar-refractivity contribution in [1.82, 2.24) is 5.32 Å². The lowest BCUT2D eigenvalue weighted by molar-refractivity contribution is 0.414. The molecule has 0 aliphatic carbocycles. The number of ether oxygens (including phenoxy) is 1. The molecule has 0 saturated carbocycles. The fraction of sp³-hybridized carbons (Fsp3) is 0.286. The van der Waals surface area contributed by atoms with Gasteiger partial charge in [-0.1, -0.05) is 12.1 Å². The summed E-state index contributed by atoms with van der Waals surface area (Å²) in [6, 6.07) is 12.2. The zero-order valence-corrected chi connectivity index (χ0v) is 10.1. The number of methoxy groups -OCH3 is 1. The van der Waals surface area contributed by atoms with Gasteiger partial charge < -0.3 is 14.5 Å². The predicted octanol–water partition coefficient (Wildman–Crippen LogP) is 3.14. The van der Waals surface area contributed by atoms with Crippen LogP contribution in [-0.4, -0.2) is 7.11 Å². The molecule has 2 aromatic rings. The van der Waals surface area contributed by atoms with Crippen molar-refractivity contribution in [3.63, 3.8) is 0 Å². The fourth-order valence-electron chi connectivity index (χ4n) is 1.68. The van der Waals surface area contributed by atoms with Crippen molar-refractivity contribution in [2.75, 3.05) is 7.11 Å². The van der Waals surface area contributed by atoms with Crippen LogP contribution in [0.15, 0.2) is 47.1 Å². The Hall–Kier alpha value is -1.74. The number of hydrogen-bond acceptors (Lipinski definition) is 3. The van der Waals surface area contributed by atoms with Gasteiger partial charge in [-0.2, -0.15) is 0 Å². The molecule has 0 fully saturated rings. The molecule has 3 nitrogen and oxygen atoms in total. The Labute approximate surface area is 101 Å². The Morgan fingerprint density at radius 3 is 2.59 bits per heavy atom. The van der Waals surface area contributed by atoms with E-state index in [0.717, 1.165) is 18.1 Å². The minimum Gasteiger partial charge on any atom is -0.497 e. The maximum atomic E-state index is 5.27. The number of nitrogens with one attached hydrogen (secondary N) is 1. The summed E-state index contributed by atoms with van der Waals surface area (Å²) in [4.78, 5) is 0. The van der Waals surface area contributed by atoms with Crippen molar-refractivity contribution in [3.8, 4) is 5.75 Å². The molecule has 0 radical (unpaired) electrons. The molecule has 3 heteroatoms. The van der Waals surface area contributed by atoms with E-state index in [2.05, 4.69) is 24.4 Å². The first-order chi connectivity index (χ1) is 8.29. The van der Waals surface area contributed by atoms with Crippen molar-refractivity contribution < 1.29 is 9.15 Å². The minimum atomic E-state index is 0.283. The lowest BCUT2D eigenvalue weighted by atomic mass is 10.1. The van der Waals surface area contributed by atoms with Gasteiger partial charge in [0.15, 0.2) is 0 Å². The molecule has 0 spiro atoms. The monoisotopic (exact) mass is 231 g/mol. The van der Waals surface area contributed by atoms with Crippen molar-refractivity contribution in [1.29, 1.82) is 0 Å². The van der Waals surface area contributed by atoms with Crippen molar-refractivity contribution >= 4 is 0 Å². The predicted molar refractivity (Wildman–Crippen MR) is 67.0 cm³/mol. The molecule has 1 atom stereocenters. The fourth-order valence-corrected chi connectivity index (χ4v) is 1.68. The highest BCUT2D eigenvalue weighted by Crippen LogP contribution is 2.17. The van der Waals surface area contributed by atoms with Gasteiger partial charge in [0.25, 0.3) is 0 Å². The summed E-state index contributed by atoms with van der Waals surface area (Å²) in [5, 5.41) is 3.40. The Morgan fingerprint density at radius 2 is 2.00 bits per heavy atom.